The first-order valence-electron chi connectivity index (χ1n) is 8.22. The Labute approximate surface area is 149 Å². The number of alkyl halides is 3. The monoisotopic (exact) mass is 370 g/mol. The van der Waals surface area contributed by atoms with Crippen LogP contribution in [-0.4, -0.2) is 41.7 Å². The highest BCUT2D eigenvalue weighted by Crippen LogP contribution is 2.29. The van der Waals surface area contributed by atoms with Gasteiger partial charge in [-0.1, -0.05) is 36.4 Å². The number of carbonyl (C=O) groups is 2. The van der Waals surface area contributed by atoms with Crippen LogP contribution in [0.5, 0.6) is 0 Å². The fourth-order valence-electron chi connectivity index (χ4n) is 2.95. The summed E-state index contributed by atoms with van der Waals surface area (Å²) in [4.78, 5) is 24.2. The molecule has 8 heteroatoms. The molecule has 1 aliphatic heterocycles. The Balaban J connectivity index is 1.92. The lowest BCUT2D eigenvalue weighted by molar-refractivity contribution is -0.187. The molecule has 2 amide bonds. The van der Waals surface area contributed by atoms with E-state index in [1.165, 1.54) is 0 Å². The summed E-state index contributed by atoms with van der Waals surface area (Å²) in [7, 11) is 0. The van der Waals surface area contributed by atoms with Crippen molar-refractivity contribution in [3.8, 4) is 0 Å². The third kappa shape index (κ3) is 5.24. The number of amides is 2. The number of hydrogen-bond acceptors (Lipinski definition) is 3. The summed E-state index contributed by atoms with van der Waals surface area (Å²) >= 11 is 0. The summed E-state index contributed by atoms with van der Waals surface area (Å²) in [5.74, 6) is -1.85. The summed E-state index contributed by atoms with van der Waals surface area (Å²) in [6.45, 7) is 3.55. The summed E-state index contributed by atoms with van der Waals surface area (Å²) in [6.07, 6.45) is -3.17. The summed E-state index contributed by atoms with van der Waals surface area (Å²) < 4.78 is 42.8. The molecule has 0 aromatic heterocycles. The second-order valence-electron chi connectivity index (χ2n) is 6.25. The number of alkyl carbamates (subject to hydrolysis) is 1. The SMILES string of the molecule is C=CCC1(NC(=O)OCc2ccccc2)CCN(C(=O)C(F)(F)F)CC1. The highest BCUT2D eigenvalue weighted by atomic mass is 19.4. The standard InChI is InChI=1S/C18H21F3N2O3/c1-2-8-17(9-11-23(12-10-17)15(24)18(19,20)21)22-16(25)26-13-14-6-4-3-5-7-14/h2-7H,1,8-13H2,(H,22,25). The average molecular weight is 370 g/mol. The highest BCUT2D eigenvalue weighted by Gasteiger charge is 2.45. The van der Waals surface area contributed by atoms with Crippen molar-refractivity contribution in [1.29, 1.82) is 0 Å². The van der Waals surface area contributed by atoms with Gasteiger partial charge in [0.15, 0.2) is 0 Å². The van der Waals surface area contributed by atoms with Crippen LogP contribution in [-0.2, 0) is 16.1 Å². The number of piperidine rings is 1. The van der Waals surface area contributed by atoms with Gasteiger partial charge >= 0.3 is 18.2 Å². The largest absolute Gasteiger partial charge is 0.471 e. The van der Waals surface area contributed by atoms with E-state index in [2.05, 4.69) is 11.9 Å². The van der Waals surface area contributed by atoms with E-state index in [0.29, 0.717) is 6.42 Å². The Morgan fingerprint density at radius 2 is 1.85 bits per heavy atom. The summed E-state index contributed by atoms with van der Waals surface area (Å²) in [5, 5.41) is 2.75. The molecule has 1 heterocycles. The first-order valence-corrected chi connectivity index (χ1v) is 8.22. The minimum Gasteiger partial charge on any atom is -0.445 e. The molecule has 142 valence electrons. The van der Waals surface area contributed by atoms with Crippen molar-refractivity contribution >= 4 is 12.0 Å². The van der Waals surface area contributed by atoms with E-state index in [-0.39, 0.29) is 32.5 Å². The molecular formula is C18H21F3N2O3. The maximum atomic E-state index is 12.5. The van der Waals surface area contributed by atoms with E-state index < -0.39 is 23.7 Å². The van der Waals surface area contributed by atoms with Gasteiger partial charge in [-0.25, -0.2) is 4.79 Å². The van der Waals surface area contributed by atoms with Crippen LogP contribution in [0.1, 0.15) is 24.8 Å². The first-order chi connectivity index (χ1) is 12.3. The fourth-order valence-corrected chi connectivity index (χ4v) is 2.95. The molecular weight excluding hydrogens is 349 g/mol. The first kappa shape index (κ1) is 19.8. The van der Waals surface area contributed by atoms with Crippen molar-refractivity contribution in [2.45, 2.75) is 37.6 Å². The Hall–Kier alpha value is -2.51. The van der Waals surface area contributed by atoms with Crippen LogP contribution in [0.25, 0.3) is 0 Å². The molecule has 0 aliphatic carbocycles. The third-order valence-electron chi connectivity index (χ3n) is 4.37. The Morgan fingerprint density at radius 1 is 1.23 bits per heavy atom. The molecule has 5 nitrogen and oxygen atoms in total. The molecule has 0 atom stereocenters. The zero-order valence-corrected chi connectivity index (χ0v) is 14.2. The van der Waals surface area contributed by atoms with Gasteiger partial charge in [0.05, 0.1) is 5.54 Å². The van der Waals surface area contributed by atoms with Crippen molar-refractivity contribution in [3.05, 3.63) is 48.6 Å². The van der Waals surface area contributed by atoms with Crippen LogP contribution in [0.15, 0.2) is 43.0 Å². The van der Waals surface area contributed by atoms with Crippen LogP contribution < -0.4 is 5.32 Å². The molecule has 1 aromatic carbocycles. The van der Waals surface area contributed by atoms with Crippen molar-refractivity contribution in [2.24, 2.45) is 0 Å². The molecule has 0 unspecified atom stereocenters. The second kappa shape index (κ2) is 8.25. The van der Waals surface area contributed by atoms with E-state index in [1.54, 1.807) is 6.08 Å². The number of halogens is 3. The van der Waals surface area contributed by atoms with Crippen molar-refractivity contribution in [3.63, 3.8) is 0 Å². The lowest BCUT2D eigenvalue weighted by atomic mass is 9.84. The number of nitrogens with one attached hydrogen (secondary N) is 1. The van der Waals surface area contributed by atoms with E-state index >= 15 is 0 Å². The van der Waals surface area contributed by atoms with Crippen LogP contribution in [0, 0.1) is 0 Å². The van der Waals surface area contributed by atoms with Gasteiger partial charge in [0, 0.05) is 13.1 Å². The number of carbonyl (C=O) groups excluding carboxylic acids is 2. The number of nitrogens with zero attached hydrogens (tertiary/aromatic N) is 1. The van der Waals surface area contributed by atoms with Crippen LogP contribution >= 0.6 is 0 Å². The Morgan fingerprint density at radius 3 is 2.38 bits per heavy atom. The third-order valence-corrected chi connectivity index (χ3v) is 4.37. The van der Waals surface area contributed by atoms with Gasteiger partial charge in [0.1, 0.15) is 6.61 Å². The number of ether oxygens (including phenoxy) is 1. The van der Waals surface area contributed by atoms with Crippen LogP contribution in [0.3, 0.4) is 0 Å². The fraction of sp³-hybridized carbons (Fsp3) is 0.444. The van der Waals surface area contributed by atoms with Crippen LogP contribution in [0.2, 0.25) is 0 Å². The van der Waals surface area contributed by atoms with Crippen LogP contribution in [0.4, 0.5) is 18.0 Å². The van der Waals surface area contributed by atoms with Crippen molar-refractivity contribution in [1.82, 2.24) is 10.2 Å². The maximum Gasteiger partial charge on any atom is 0.471 e. The molecule has 1 aromatic rings. The molecule has 1 fully saturated rings. The molecule has 0 saturated carbocycles. The van der Waals surface area contributed by atoms with Gasteiger partial charge in [0.25, 0.3) is 0 Å². The predicted molar refractivity (Wildman–Crippen MR) is 89.2 cm³/mol. The van der Waals surface area contributed by atoms with Crippen molar-refractivity contribution < 1.29 is 27.5 Å². The quantitative estimate of drug-likeness (QED) is 0.808. The van der Waals surface area contributed by atoms with E-state index in [9.17, 15) is 22.8 Å². The molecule has 0 radical (unpaired) electrons. The number of rotatable bonds is 5. The zero-order valence-electron chi connectivity index (χ0n) is 14.2. The average Bonchev–Trinajstić information content (AvgIpc) is 2.60. The Kier molecular flexibility index (Phi) is 6.28. The molecule has 2 rings (SSSR count). The van der Waals surface area contributed by atoms with E-state index in [0.717, 1.165) is 10.5 Å². The van der Waals surface area contributed by atoms with E-state index in [1.807, 2.05) is 30.3 Å². The topological polar surface area (TPSA) is 58.6 Å². The van der Waals surface area contributed by atoms with Gasteiger partial charge < -0.3 is 15.0 Å². The van der Waals surface area contributed by atoms with Gasteiger partial charge in [-0.3, -0.25) is 4.79 Å². The van der Waals surface area contributed by atoms with Gasteiger partial charge in [0.2, 0.25) is 0 Å². The highest BCUT2D eigenvalue weighted by molar-refractivity contribution is 5.82. The van der Waals surface area contributed by atoms with Gasteiger partial charge in [-0.2, -0.15) is 13.2 Å². The second-order valence-corrected chi connectivity index (χ2v) is 6.25. The normalized spacial score (nSPS) is 16.7. The molecule has 1 N–H and O–H groups in total. The Bertz CT molecular complexity index is 639. The molecule has 0 bridgehead atoms. The predicted octanol–water partition coefficient (Wildman–Crippen LogP) is 3.41. The molecule has 0 spiro atoms. The number of hydrogen-bond donors (Lipinski definition) is 1. The number of benzene rings is 1. The smallest absolute Gasteiger partial charge is 0.445 e. The van der Waals surface area contributed by atoms with E-state index in [4.69, 9.17) is 4.74 Å². The molecule has 1 aliphatic rings. The maximum absolute atomic E-state index is 12.5. The minimum atomic E-state index is -4.89. The lowest BCUT2D eigenvalue weighted by Crippen LogP contribution is -2.57. The minimum absolute atomic E-state index is 0.0921. The molecule has 26 heavy (non-hydrogen) atoms. The number of likely N-dealkylation sites (tertiary alicyclic amines) is 1. The van der Waals surface area contributed by atoms with Gasteiger partial charge in [-0.05, 0) is 24.8 Å². The van der Waals surface area contributed by atoms with Gasteiger partial charge in [-0.15, -0.1) is 6.58 Å². The molecule has 1 saturated heterocycles. The zero-order chi connectivity index (χ0) is 19.2. The summed E-state index contributed by atoms with van der Waals surface area (Å²) in [6, 6.07) is 9.12. The summed E-state index contributed by atoms with van der Waals surface area (Å²) in [5.41, 5.74) is 0.0590. The lowest BCUT2D eigenvalue weighted by Gasteiger charge is -2.41. The van der Waals surface area contributed by atoms with Crippen molar-refractivity contribution in [2.75, 3.05) is 13.1 Å².